The molecule has 10 rings (SSSR count). The monoisotopic (exact) mass is 659 g/mol. The highest BCUT2D eigenvalue weighted by Gasteiger charge is 2.19. The van der Waals surface area contributed by atoms with Crippen molar-refractivity contribution in [1.29, 1.82) is 0 Å². The molecule has 0 radical (unpaired) electrons. The molecule has 0 bridgehead atoms. The third kappa shape index (κ3) is 4.74. The molecule has 2 heterocycles. The second-order valence-corrected chi connectivity index (χ2v) is 14.7. The van der Waals surface area contributed by atoms with Crippen molar-refractivity contribution in [3.63, 3.8) is 0 Å². The van der Waals surface area contributed by atoms with E-state index in [4.69, 9.17) is 0 Å². The first-order valence-corrected chi connectivity index (χ1v) is 18.2. The number of hydrogen-bond acceptors (Lipinski definition) is 3. The van der Waals surface area contributed by atoms with Gasteiger partial charge in [-0.3, -0.25) is 0 Å². The predicted octanol–water partition coefficient (Wildman–Crippen LogP) is 14.4. The summed E-state index contributed by atoms with van der Waals surface area (Å²) >= 11 is 3.73. The Bertz CT molecular complexity index is 2830. The lowest BCUT2D eigenvalue weighted by atomic mass is 9.98. The molecule has 0 unspecified atom stereocenters. The van der Waals surface area contributed by atoms with Crippen LogP contribution in [-0.2, 0) is 0 Å². The minimum atomic E-state index is 1.12. The Kier molecular flexibility index (Phi) is 6.61. The molecule has 0 saturated carbocycles. The van der Waals surface area contributed by atoms with Crippen LogP contribution in [0.1, 0.15) is 0 Å². The third-order valence-electron chi connectivity index (χ3n) is 9.67. The largest absolute Gasteiger partial charge is 0.310 e. The summed E-state index contributed by atoms with van der Waals surface area (Å²) in [5, 5.41) is 7.92. The lowest BCUT2D eigenvalue weighted by Crippen LogP contribution is -2.11. The van der Waals surface area contributed by atoms with Crippen LogP contribution in [-0.4, -0.2) is 0 Å². The molecule has 0 atom stereocenters. The first kappa shape index (κ1) is 28.3. The molecule has 0 N–H and O–H groups in total. The molecule has 1 nitrogen and oxygen atoms in total. The number of nitrogens with zero attached hydrogens (tertiary/aromatic N) is 1. The molecule has 0 amide bonds. The minimum absolute atomic E-state index is 1.12. The zero-order valence-corrected chi connectivity index (χ0v) is 28.1. The molecular formula is C46H29NS2. The van der Waals surface area contributed by atoms with Gasteiger partial charge in [-0.2, -0.15) is 0 Å². The maximum absolute atomic E-state index is 2.41. The fourth-order valence-corrected chi connectivity index (χ4v) is 9.61. The number of fused-ring (bicyclic) bond motifs is 8. The summed E-state index contributed by atoms with van der Waals surface area (Å²) in [5.74, 6) is 0. The summed E-state index contributed by atoms with van der Waals surface area (Å²) in [7, 11) is 0. The average molecular weight is 660 g/mol. The highest BCUT2D eigenvalue weighted by atomic mass is 32.1. The zero-order valence-electron chi connectivity index (χ0n) is 26.5. The zero-order chi connectivity index (χ0) is 32.3. The van der Waals surface area contributed by atoms with Crippen LogP contribution < -0.4 is 4.90 Å². The number of rotatable bonds is 5. The van der Waals surface area contributed by atoms with Gasteiger partial charge < -0.3 is 4.90 Å². The van der Waals surface area contributed by atoms with Gasteiger partial charge in [-0.15, -0.1) is 22.7 Å². The number of hydrogen-bond donors (Lipinski definition) is 0. The van der Waals surface area contributed by atoms with Gasteiger partial charge >= 0.3 is 0 Å². The Balaban J connectivity index is 1.10. The molecule has 0 aliphatic heterocycles. The Morgan fingerprint density at radius 1 is 0.347 bits per heavy atom. The standard InChI is InChI=1S/C46H29NS2/c1-2-10-31(11-3-1)36-12-4-7-15-41(36)47(35-24-26-39-38-13-5-8-16-42(38)49-45(39)29-35)34-22-18-30(19-23-34)32-20-25-37-33(28-32)21-27-44-46(37)40-14-6-9-17-43(40)48-44/h1-29H. The van der Waals surface area contributed by atoms with E-state index in [1.807, 2.05) is 22.7 Å². The first-order valence-electron chi connectivity index (χ1n) is 16.6. The van der Waals surface area contributed by atoms with Crippen LogP contribution in [0.4, 0.5) is 17.1 Å². The van der Waals surface area contributed by atoms with E-state index in [9.17, 15) is 0 Å². The Labute approximate surface area is 292 Å². The third-order valence-corrected chi connectivity index (χ3v) is 11.9. The van der Waals surface area contributed by atoms with Gasteiger partial charge in [0.25, 0.3) is 0 Å². The molecule has 0 spiro atoms. The van der Waals surface area contributed by atoms with Crippen molar-refractivity contribution in [2.24, 2.45) is 0 Å². The normalized spacial score (nSPS) is 11.7. The molecule has 10 aromatic rings. The fourth-order valence-electron chi connectivity index (χ4n) is 7.35. The highest BCUT2D eigenvalue weighted by Crippen LogP contribution is 2.44. The van der Waals surface area contributed by atoms with Crippen molar-refractivity contribution in [3.8, 4) is 22.3 Å². The van der Waals surface area contributed by atoms with E-state index >= 15 is 0 Å². The molecular weight excluding hydrogens is 631 g/mol. The summed E-state index contributed by atoms with van der Waals surface area (Å²) in [6.45, 7) is 0. The summed E-state index contributed by atoms with van der Waals surface area (Å²) in [4.78, 5) is 2.41. The second-order valence-electron chi connectivity index (χ2n) is 12.5. The second kappa shape index (κ2) is 11.5. The lowest BCUT2D eigenvalue weighted by molar-refractivity contribution is 1.29. The van der Waals surface area contributed by atoms with Gasteiger partial charge in [-0.25, -0.2) is 0 Å². The van der Waals surface area contributed by atoms with Gasteiger partial charge in [0, 0.05) is 57.3 Å². The number of para-hydroxylation sites is 1. The molecule has 49 heavy (non-hydrogen) atoms. The van der Waals surface area contributed by atoms with Crippen LogP contribution >= 0.6 is 22.7 Å². The van der Waals surface area contributed by atoms with Crippen LogP contribution in [0.2, 0.25) is 0 Å². The van der Waals surface area contributed by atoms with Crippen LogP contribution in [0, 0.1) is 0 Å². The number of thiophene rings is 2. The summed E-state index contributed by atoms with van der Waals surface area (Å²) < 4.78 is 5.30. The van der Waals surface area contributed by atoms with Gasteiger partial charge in [0.05, 0.1) is 5.69 Å². The van der Waals surface area contributed by atoms with Gasteiger partial charge in [0.2, 0.25) is 0 Å². The van der Waals surface area contributed by atoms with Crippen LogP contribution in [0.3, 0.4) is 0 Å². The van der Waals surface area contributed by atoms with E-state index in [1.54, 1.807) is 0 Å². The van der Waals surface area contributed by atoms with E-state index in [-0.39, 0.29) is 0 Å². The van der Waals surface area contributed by atoms with E-state index < -0.39 is 0 Å². The smallest absolute Gasteiger partial charge is 0.0540 e. The lowest BCUT2D eigenvalue weighted by Gasteiger charge is -2.28. The quantitative estimate of drug-likeness (QED) is 0.178. The molecule has 8 aromatic carbocycles. The van der Waals surface area contributed by atoms with Crippen LogP contribution in [0.5, 0.6) is 0 Å². The maximum atomic E-state index is 2.41. The van der Waals surface area contributed by atoms with Gasteiger partial charge in [-0.1, -0.05) is 121 Å². The highest BCUT2D eigenvalue weighted by molar-refractivity contribution is 7.26. The topological polar surface area (TPSA) is 3.24 Å². The minimum Gasteiger partial charge on any atom is -0.310 e. The van der Waals surface area contributed by atoms with Crippen molar-refractivity contribution < 1.29 is 0 Å². The van der Waals surface area contributed by atoms with Crippen molar-refractivity contribution in [2.45, 2.75) is 0 Å². The molecule has 230 valence electrons. The van der Waals surface area contributed by atoms with E-state index in [0.717, 1.165) is 17.1 Å². The fraction of sp³-hybridized carbons (Fsp3) is 0. The van der Waals surface area contributed by atoms with Crippen molar-refractivity contribution in [1.82, 2.24) is 0 Å². The predicted molar refractivity (Wildman–Crippen MR) is 215 cm³/mol. The molecule has 0 saturated heterocycles. The summed E-state index contributed by atoms with van der Waals surface area (Å²) in [5.41, 5.74) is 8.25. The van der Waals surface area contributed by atoms with Crippen molar-refractivity contribution in [2.75, 3.05) is 4.90 Å². The molecule has 3 heteroatoms. The summed E-state index contributed by atoms with van der Waals surface area (Å²) in [6, 6.07) is 64.4. The van der Waals surface area contributed by atoms with Crippen LogP contribution in [0.15, 0.2) is 176 Å². The van der Waals surface area contributed by atoms with E-state index in [2.05, 4.69) is 181 Å². The number of anilines is 3. The van der Waals surface area contributed by atoms with Gasteiger partial charge in [0.1, 0.15) is 0 Å². The molecule has 0 aliphatic carbocycles. The van der Waals surface area contributed by atoms with Crippen molar-refractivity contribution in [3.05, 3.63) is 176 Å². The van der Waals surface area contributed by atoms with E-state index in [1.165, 1.54) is 73.4 Å². The SMILES string of the molecule is c1ccc(-c2ccccc2N(c2ccc(-c3ccc4c(ccc5sc6ccccc6c54)c3)cc2)c2ccc3c(c2)sc2ccccc23)cc1. The molecule has 2 aromatic heterocycles. The average Bonchev–Trinajstić information content (AvgIpc) is 3.74. The van der Waals surface area contributed by atoms with Gasteiger partial charge in [0.15, 0.2) is 0 Å². The molecule has 0 aliphatic rings. The maximum Gasteiger partial charge on any atom is 0.0540 e. The van der Waals surface area contributed by atoms with Gasteiger partial charge in [-0.05, 0) is 82.1 Å². The van der Waals surface area contributed by atoms with Crippen LogP contribution in [0.25, 0.3) is 73.4 Å². The Morgan fingerprint density at radius 2 is 0.980 bits per heavy atom. The first-order chi connectivity index (χ1) is 24.3. The van der Waals surface area contributed by atoms with E-state index in [0.29, 0.717) is 0 Å². The number of benzene rings is 8. The van der Waals surface area contributed by atoms with Crippen molar-refractivity contribution >= 4 is 90.9 Å². The Hall–Kier alpha value is -5.74. The summed E-state index contributed by atoms with van der Waals surface area (Å²) in [6.07, 6.45) is 0. The molecule has 0 fully saturated rings. The Morgan fingerprint density at radius 3 is 1.84 bits per heavy atom.